The molecule has 22 heavy (non-hydrogen) atoms. The number of halogens is 3. The molecular weight excluding hydrogens is 293 g/mol. The van der Waals surface area contributed by atoms with Crippen LogP contribution in [0.1, 0.15) is 28.4 Å². The van der Waals surface area contributed by atoms with Crippen molar-refractivity contribution in [2.24, 2.45) is 0 Å². The molecule has 0 aliphatic carbocycles. The second kappa shape index (κ2) is 6.60. The number of pyridine rings is 1. The van der Waals surface area contributed by atoms with Gasteiger partial charge in [0.05, 0.1) is 5.56 Å². The normalized spacial score (nSPS) is 12.7. The van der Waals surface area contributed by atoms with Gasteiger partial charge in [0, 0.05) is 24.0 Å². The van der Waals surface area contributed by atoms with Crippen LogP contribution in [-0.4, -0.2) is 16.9 Å². The molecule has 0 aliphatic heterocycles. The van der Waals surface area contributed by atoms with Crippen molar-refractivity contribution in [3.05, 3.63) is 65.5 Å². The summed E-state index contributed by atoms with van der Waals surface area (Å²) < 4.78 is 37.9. The molecule has 2 rings (SSSR count). The van der Waals surface area contributed by atoms with Crippen molar-refractivity contribution >= 4 is 5.91 Å². The first-order valence-electron chi connectivity index (χ1n) is 6.73. The average molecular weight is 308 g/mol. The zero-order valence-electron chi connectivity index (χ0n) is 11.9. The Labute approximate surface area is 126 Å². The maximum absolute atomic E-state index is 12.6. The topological polar surface area (TPSA) is 42.0 Å². The summed E-state index contributed by atoms with van der Waals surface area (Å²) in [5.74, 6) is -0.525. The van der Waals surface area contributed by atoms with Crippen LogP contribution in [-0.2, 0) is 12.6 Å². The van der Waals surface area contributed by atoms with Crippen LogP contribution in [0.15, 0.2) is 48.8 Å². The summed E-state index contributed by atoms with van der Waals surface area (Å²) in [6.07, 6.45) is -0.571. The number of rotatable bonds is 4. The highest BCUT2D eigenvalue weighted by Gasteiger charge is 2.30. The van der Waals surface area contributed by atoms with Crippen LogP contribution in [0.5, 0.6) is 0 Å². The van der Waals surface area contributed by atoms with Crippen molar-refractivity contribution in [2.45, 2.75) is 25.6 Å². The van der Waals surface area contributed by atoms with E-state index in [0.29, 0.717) is 6.42 Å². The van der Waals surface area contributed by atoms with Gasteiger partial charge in [-0.3, -0.25) is 9.78 Å². The van der Waals surface area contributed by atoms with E-state index in [1.54, 1.807) is 25.4 Å². The predicted molar refractivity (Wildman–Crippen MR) is 76.3 cm³/mol. The van der Waals surface area contributed by atoms with E-state index in [4.69, 9.17) is 0 Å². The number of aromatic nitrogens is 1. The van der Waals surface area contributed by atoms with Crippen LogP contribution >= 0.6 is 0 Å². The van der Waals surface area contributed by atoms with E-state index in [1.165, 1.54) is 12.1 Å². The molecule has 2 aromatic rings. The molecule has 1 aromatic heterocycles. The maximum atomic E-state index is 12.6. The molecule has 0 unspecified atom stereocenters. The van der Waals surface area contributed by atoms with Crippen molar-refractivity contribution in [1.82, 2.24) is 10.3 Å². The van der Waals surface area contributed by atoms with Crippen molar-refractivity contribution in [2.75, 3.05) is 0 Å². The molecule has 0 aliphatic rings. The third-order valence-electron chi connectivity index (χ3n) is 3.09. The van der Waals surface area contributed by atoms with Gasteiger partial charge in [0.25, 0.3) is 5.91 Å². The van der Waals surface area contributed by atoms with Gasteiger partial charge in [0.1, 0.15) is 0 Å². The smallest absolute Gasteiger partial charge is 0.349 e. The molecule has 3 nitrogen and oxygen atoms in total. The summed E-state index contributed by atoms with van der Waals surface area (Å²) >= 11 is 0. The summed E-state index contributed by atoms with van der Waals surface area (Å²) in [5, 5.41) is 2.69. The average Bonchev–Trinajstić information content (AvgIpc) is 2.47. The molecule has 1 N–H and O–H groups in total. The van der Waals surface area contributed by atoms with Gasteiger partial charge in [-0.15, -0.1) is 0 Å². The molecular formula is C16H15F3N2O. The van der Waals surface area contributed by atoms with E-state index >= 15 is 0 Å². The zero-order valence-corrected chi connectivity index (χ0v) is 11.9. The van der Waals surface area contributed by atoms with Crippen LogP contribution < -0.4 is 5.32 Å². The molecule has 0 bridgehead atoms. The standard InChI is InChI=1S/C16H15F3N2O/c1-11(8-12-4-3-7-20-10-12)21-15(22)13-5-2-6-14(9-13)16(17,18)19/h2-7,9-11H,8H2,1H3,(H,21,22)/t11-/m1/s1. The number of carbonyl (C=O) groups excluding carboxylic acids is 1. The summed E-state index contributed by atoms with van der Waals surface area (Å²) in [4.78, 5) is 16.0. The van der Waals surface area contributed by atoms with Gasteiger partial charge in [-0.2, -0.15) is 13.2 Å². The van der Waals surface area contributed by atoms with Gasteiger partial charge in [-0.05, 0) is 43.2 Å². The second-order valence-corrected chi connectivity index (χ2v) is 5.02. The molecule has 0 saturated heterocycles. The first-order valence-corrected chi connectivity index (χ1v) is 6.73. The molecule has 1 aromatic carbocycles. The Hall–Kier alpha value is -2.37. The number of alkyl halides is 3. The minimum absolute atomic E-state index is 0.00661. The Morgan fingerprint density at radius 1 is 1.27 bits per heavy atom. The third-order valence-corrected chi connectivity index (χ3v) is 3.09. The molecule has 0 spiro atoms. The predicted octanol–water partition coefficient (Wildman–Crippen LogP) is 3.46. The van der Waals surface area contributed by atoms with Gasteiger partial charge < -0.3 is 5.32 Å². The molecule has 1 atom stereocenters. The fourth-order valence-electron chi connectivity index (χ4n) is 2.07. The molecule has 0 saturated carbocycles. The quantitative estimate of drug-likeness (QED) is 0.940. The Bertz CT molecular complexity index is 641. The van der Waals surface area contributed by atoms with Crippen LogP contribution in [0.4, 0.5) is 13.2 Å². The Balaban J connectivity index is 2.03. The van der Waals surface area contributed by atoms with Crippen LogP contribution in [0.25, 0.3) is 0 Å². The first kappa shape index (κ1) is 16.0. The van der Waals surface area contributed by atoms with Gasteiger partial charge in [-0.1, -0.05) is 12.1 Å². The van der Waals surface area contributed by atoms with E-state index in [2.05, 4.69) is 10.3 Å². The lowest BCUT2D eigenvalue weighted by Gasteiger charge is -2.14. The second-order valence-electron chi connectivity index (χ2n) is 5.02. The summed E-state index contributed by atoms with van der Waals surface area (Å²) in [5.41, 5.74) is 0.104. The number of benzene rings is 1. The lowest BCUT2D eigenvalue weighted by molar-refractivity contribution is -0.137. The number of nitrogens with one attached hydrogen (secondary N) is 1. The van der Waals surface area contributed by atoms with Gasteiger partial charge in [-0.25, -0.2) is 0 Å². The van der Waals surface area contributed by atoms with Crippen molar-refractivity contribution < 1.29 is 18.0 Å². The Kier molecular flexibility index (Phi) is 4.80. The fourth-order valence-corrected chi connectivity index (χ4v) is 2.07. The Morgan fingerprint density at radius 3 is 2.68 bits per heavy atom. The van der Waals surface area contributed by atoms with Crippen molar-refractivity contribution in [1.29, 1.82) is 0 Å². The lowest BCUT2D eigenvalue weighted by atomic mass is 10.1. The SMILES string of the molecule is C[C@H](Cc1cccnc1)NC(=O)c1cccc(C(F)(F)F)c1. The minimum atomic E-state index is -4.46. The summed E-state index contributed by atoms with van der Waals surface area (Å²) in [6.45, 7) is 1.79. The van der Waals surface area contributed by atoms with Crippen molar-refractivity contribution in [3.8, 4) is 0 Å². The molecule has 116 valence electrons. The van der Waals surface area contributed by atoms with Crippen LogP contribution in [0.3, 0.4) is 0 Å². The minimum Gasteiger partial charge on any atom is -0.349 e. The van der Waals surface area contributed by atoms with Gasteiger partial charge in [0.2, 0.25) is 0 Å². The largest absolute Gasteiger partial charge is 0.416 e. The van der Waals surface area contributed by atoms with E-state index < -0.39 is 17.6 Å². The molecule has 0 fully saturated rings. The van der Waals surface area contributed by atoms with E-state index in [-0.39, 0.29) is 11.6 Å². The number of hydrogen-bond donors (Lipinski definition) is 1. The molecule has 1 amide bonds. The lowest BCUT2D eigenvalue weighted by Crippen LogP contribution is -2.34. The number of amides is 1. The van der Waals surface area contributed by atoms with Crippen molar-refractivity contribution in [3.63, 3.8) is 0 Å². The maximum Gasteiger partial charge on any atom is 0.416 e. The highest BCUT2D eigenvalue weighted by atomic mass is 19.4. The van der Waals surface area contributed by atoms with Crippen LogP contribution in [0, 0.1) is 0 Å². The highest BCUT2D eigenvalue weighted by Crippen LogP contribution is 2.29. The molecule has 0 radical (unpaired) electrons. The number of hydrogen-bond acceptors (Lipinski definition) is 2. The van der Waals surface area contributed by atoms with E-state index in [0.717, 1.165) is 17.7 Å². The summed E-state index contributed by atoms with van der Waals surface area (Å²) in [7, 11) is 0. The number of nitrogens with zero attached hydrogens (tertiary/aromatic N) is 1. The number of carbonyl (C=O) groups is 1. The first-order chi connectivity index (χ1) is 10.4. The summed E-state index contributed by atoms with van der Waals surface area (Å²) in [6, 6.07) is 7.83. The van der Waals surface area contributed by atoms with Gasteiger partial charge in [0.15, 0.2) is 0 Å². The Morgan fingerprint density at radius 2 is 2.05 bits per heavy atom. The monoisotopic (exact) mass is 308 g/mol. The highest BCUT2D eigenvalue weighted by molar-refractivity contribution is 5.94. The fraction of sp³-hybridized carbons (Fsp3) is 0.250. The zero-order chi connectivity index (χ0) is 16.2. The van der Waals surface area contributed by atoms with Gasteiger partial charge >= 0.3 is 6.18 Å². The third kappa shape index (κ3) is 4.31. The van der Waals surface area contributed by atoms with E-state index in [9.17, 15) is 18.0 Å². The van der Waals surface area contributed by atoms with Crippen LogP contribution in [0.2, 0.25) is 0 Å². The molecule has 6 heteroatoms. The van der Waals surface area contributed by atoms with E-state index in [1.807, 2.05) is 6.07 Å². The molecule has 1 heterocycles.